The van der Waals surface area contributed by atoms with E-state index in [2.05, 4.69) is 11.9 Å². The van der Waals surface area contributed by atoms with Gasteiger partial charge in [0.05, 0.1) is 56.2 Å². The number of carbonyl (C=O) groups excluding carboxylic acids is 4. The highest BCUT2D eigenvalue weighted by molar-refractivity contribution is 6.31. The van der Waals surface area contributed by atoms with Gasteiger partial charge in [0, 0.05) is 22.7 Å². The molecule has 0 spiro atoms. The Balaban J connectivity index is 1.90. The van der Waals surface area contributed by atoms with E-state index >= 15 is 0 Å². The van der Waals surface area contributed by atoms with Crippen LogP contribution in [-0.4, -0.2) is 62.1 Å². The molecule has 1 atom stereocenters. The lowest BCUT2D eigenvalue weighted by molar-refractivity contribution is -0.143. The highest BCUT2D eigenvalue weighted by Crippen LogP contribution is 2.41. The Kier molecular flexibility index (Phi) is 11.3. The molecule has 1 N–H and O–H groups in total. The molecule has 0 fully saturated rings. The van der Waals surface area contributed by atoms with Crippen molar-refractivity contribution in [3.05, 3.63) is 93.3 Å². The average molecular weight is 583 g/mol. The maximum Gasteiger partial charge on any atom is 0.336 e. The van der Waals surface area contributed by atoms with E-state index in [9.17, 15) is 19.2 Å². The molecule has 41 heavy (non-hydrogen) atoms. The van der Waals surface area contributed by atoms with Crippen LogP contribution in [0.1, 0.15) is 45.1 Å². The van der Waals surface area contributed by atoms with Crippen molar-refractivity contribution in [2.75, 3.05) is 33.5 Å². The Morgan fingerprint density at radius 2 is 1.88 bits per heavy atom. The van der Waals surface area contributed by atoms with Gasteiger partial charge in [0.25, 0.3) is 5.91 Å². The fourth-order valence-electron chi connectivity index (χ4n) is 4.70. The largest absolute Gasteiger partial charge is 0.466 e. The fraction of sp³-hybridized carbons (Fsp3) is 0.355. The van der Waals surface area contributed by atoms with E-state index in [-0.39, 0.29) is 55.4 Å². The van der Waals surface area contributed by atoms with Crippen LogP contribution in [-0.2, 0) is 33.4 Å². The van der Waals surface area contributed by atoms with Gasteiger partial charge in [-0.05, 0) is 44.9 Å². The van der Waals surface area contributed by atoms with Gasteiger partial charge < -0.3 is 19.5 Å². The number of dihydropyridines is 1. The van der Waals surface area contributed by atoms with Crippen LogP contribution >= 0.6 is 11.6 Å². The lowest BCUT2D eigenvalue weighted by atomic mass is 9.80. The molecule has 1 unspecified atom stereocenters. The molecule has 0 aliphatic carbocycles. The zero-order valence-corrected chi connectivity index (χ0v) is 24.5. The molecule has 9 nitrogen and oxygen atoms in total. The van der Waals surface area contributed by atoms with Crippen LogP contribution in [0.4, 0.5) is 0 Å². The minimum absolute atomic E-state index is 0.00599. The molecule has 0 saturated heterocycles. The maximum absolute atomic E-state index is 13.3. The van der Waals surface area contributed by atoms with Gasteiger partial charge in [0.1, 0.15) is 0 Å². The SMILES string of the molecule is C=C1/C=C(C)\C=C/CCC(=O)N(CCOCC2=C(C(=O)OCC)C(c3ccccc3Cl)C(C(=O)OC)=C(C)N2)C1=O. The number of esters is 2. The molecule has 2 amide bonds. The third kappa shape index (κ3) is 7.62. The van der Waals surface area contributed by atoms with Gasteiger partial charge in [0.15, 0.2) is 0 Å². The molecule has 1 aromatic rings. The molecular formula is C31H35ClN2O7. The first kappa shape index (κ1) is 31.6. The zero-order chi connectivity index (χ0) is 30.1. The summed E-state index contributed by atoms with van der Waals surface area (Å²) in [6, 6.07) is 6.91. The monoisotopic (exact) mass is 582 g/mol. The molecule has 218 valence electrons. The van der Waals surface area contributed by atoms with Gasteiger partial charge >= 0.3 is 11.9 Å². The fourth-order valence-corrected chi connectivity index (χ4v) is 4.94. The summed E-state index contributed by atoms with van der Waals surface area (Å²) in [4.78, 5) is 53.1. The van der Waals surface area contributed by atoms with Crippen LogP contribution in [0.3, 0.4) is 0 Å². The lowest BCUT2D eigenvalue weighted by Gasteiger charge is -2.31. The molecule has 1 aromatic carbocycles. The predicted octanol–water partition coefficient (Wildman–Crippen LogP) is 4.52. The number of imide groups is 1. The van der Waals surface area contributed by atoms with Crippen molar-refractivity contribution in [1.82, 2.24) is 10.2 Å². The third-order valence-electron chi connectivity index (χ3n) is 6.60. The van der Waals surface area contributed by atoms with Crippen LogP contribution in [0.2, 0.25) is 5.02 Å². The Morgan fingerprint density at radius 3 is 2.56 bits per heavy atom. The maximum atomic E-state index is 13.3. The van der Waals surface area contributed by atoms with Crippen LogP contribution in [0, 0.1) is 0 Å². The molecule has 3 rings (SSSR count). The molecule has 2 aliphatic rings. The van der Waals surface area contributed by atoms with Crippen LogP contribution < -0.4 is 5.32 Å². The summed E-state index contributed by atoms with van der Waals surface area (Å²) >= 11 is 6.54. The summed E-state index contributed by atoms with van der Waals surface area (Å²) in [5, 5.41) is 3.46. The predicted molar refractivity (Wildman–Crippen MR) is 155 cm³/mol. The second-order valence-corrected chi connectivity index (χ2v) is 9.89. The van der Waals surface area contributed by atoms with Crippen molar-refractivity contribution in [3.8, 4) is 0 Å². The van der Waals surface area contributed by atoms with Crippen LogP contribution in [0.15, 0.2) is 82.8 Å². The van der Waals surface area contributed by atoms with Gasteiger partial charge in [-0.25, -0.2) is 9.59 Å². The smallest absolute Gasteiger partial charge is 0.336 e. The van der Waals surface area contributed by atoms with Gasteiger partial charge in [-0.2, -0.15) is 0 Å². The van der Waals surface area contributed by atoms with E-state index < -0.39 is 23.8 Å². The minimum Gasteiger partial charge on any atom is -0.466 e. The van der Waals surface area contributed by atoms with Crippen LogP contribution in [0.25, 0.3) is 0 Å². The molecule has 0 saturated carbocycles. The van der Waals surface area contributed by atoms with Gasteiger partial charge in [-0.15, -0.1) is 0 Å². The van der Waals surface area contributed by atoms with Crippen molar-refractivity contribution in [1.29, 1.82) is 0 Å². The van der Waals surface area contributed by atoms with E-state index in [1.54, 1.807) is 44.2 Å². The first-order chi connectivity index (χ1) is 19.6. The number of benzene rings is 1. The number of nitrogens with zero attached hydrogens (tertiary/aromatic N) is 1. The number of hydrogen-bond donors (Lipinski definition) is 1. The van der Waals surface area contributed by atoms with Crippen molar-refractivity contribution >= 4 is 35.4 Å². The number of amides is 2. The first-order valence-corrected chi connectivity index (χ1v) is 13.6. The molecule has 2 aliphatic heterocycles. The molecule has 0 aromatic heterocycles. The van der Waals surface area contributed by atoms with Gasteiger partial charge in [-0.1, -0.05) is 54.1 Å². The molecule has 2 heterocycles. The Morgan fingerprint density at radius 1 is 1.15 bits per heavy atom. The van der Waals surface area contributed by atoms with E-state index in [0.717, 1.165) is 10.5 Å². The van der Waals surface area contributed by atoms with E-state index in [1.807, 2.05) is 19.1 Å². The summed E-state index contributed by atoms with van der Waals surface area (Å²) in [6.45, 7) is 9.04. The second kappa shape index (κ2) is 14.6. The van der Waals surface area contributed by atoms with Crippen LogP contribution in [0.5, 0.6) is 0 Å². The molecule has 10 heteroatoms. The number of methoxy groups -OCH3 is 1. The highest BCUT2D eigenvalue weighted by Gasteiger charge is 2.39. The van der Waals surface area contributed by atoms with Crippen molar-refractivity contribution in [2.24, 2.45) is 0 Å². The second-order valence-electron chi connectivity index (χ2n) is 9.48. The van der Waals surface area contributed by atoms with Crippen molar-refractivity contribution < 1.29 is 33.4 Å². The minimum atomic E-state index is -0.883. The lowest BCUT2D eigenvalue weighted by Crippen LogP contribution is -2.40. The zero-order valence-electron chi connectivity index (χ0n) is 23.8. The number of nitrogens with one attached hydrogen (secondary N) is 1. The number of hydrogen-bond acceptors (Lipinski definition) is 8. The number of ether oxygens (including phenoxy) is 3. The summed E-state index contributed by atoms with van der Waals surface area (Å²) in [5.41, 5.74) is 2.77. The Bertz CT molecular complexity index is 1360. The first-order valence-electron chi connectivity index (χ1n) is 13.3. The third-order valence-corrected chi connectivity index (χ3v) is 6.94. The van der Waals surface area contributed by atoms with E-state index in [0.29, 0.717) is 28.4 Å². The molecule has 0 bridgehead atoms. The van der Waals surface area contributed by atoms with Gasteiger partial charge in [0.2, 0.25) is 5.91 Å². The quantitative estimate of drug-likeness (QED) is 0.196. The van der Waals surface area contributed by atoms with E-state index in [1.165, 1.54) is 7.11 Å². The Hall–Kier alpha value is -3.95. The normalized spacial score (nSPS) is 20.3. The summed E-state index contributed by atoms with van der Waals surface area (Å²) in [5.74, 6) is -2.98. The molecular weight excluding hydrogens is 548 g/mol. The summed E-state index contributed by atoms with van der Waals surface area (Å²) < 4.78 is 16.3. The highest BCUT2D eigenvalue weighted by atomic mass is 35.5. The Labute approximate surface area is 245 Å². The number of rotatable bonds is 9. The number of carbonyl (C=O) groups is 4. The standard InChI is InChI=1S/C31H35ClN2O7/c1-6-41-31(38)28-24(33-21(4)26(30(37)39-5)27(28)22-12-8-9-13-23(22)32)18-40-16-15-34-25(35)14-10-7-11-19(2)17-20(3)29(34)36/h7-9,11-13,17,27,33H,3,6,10,14-16,18H2,1-2,4-5H3/b11-7-,19-17-. The number of halogens is 1. The van der Waals surface area contributed by atoms with Crippen molar-refractivity contribution in [2.45, 2.75) is 39.5 Å². The summed E-state index contributed by atoms with van der Waals surface area (Å²) in [6.07, 6.45) is 6.04. The topological polar surface area (TPSA) is 111 Å². The van der Waals surface area contributed by atoms with Gasteiger partial charge in [-0.3, -0.25) is 14.5 Å². The van der Waals surface area contributed by atoms with E-state index in [4.69, 9.17) is 25.8 Å². The number of allylic oxidation sites excluding steroid dienone is 4. The average Bonchev–Trinajstić information content (AvgIpc) is 2.94. The van der Waals surface area contributed by atoms with Crippen molar-refractivity contribution in [3.63, 3.8) is 0 Å². The summed E-state index contributed by atoms with van der Waals surface area (Å²) in [7, 11) is 1.26. The molecule has 0 radical (unpaired) electrons.